The number of aromatic carboxylic acids is 2. The van der Waals surface area contributed by atoms with Crippen molar-refractivity contribution in [1.29, 1.82) is 0 Å². The first-order chi connectivity index (χ1) is 13.4. The molecule has 0 aliphatic carbocycles. The van der Waals surface area contributed by atoms with Gasteiger partial charge in [0.2, 0.25) is 0 Å². The molecule has 0 radical (unpaired) electrons. The summed E-state index contributed by atoms with van der Waals surface area (Å²) in [6, 6.07) is 20.5. The van der Waals surface area contributed by atoms with Gasteiger partial charge in [0.25, 0.3) is 0 Å². The van der Waals surface area contributed by atoms with Gasteiger partial charge in [-0.25, -0.2) is 0 Å². The molecule has 0 saturated heterocycles. The van der Waals surface area contributed by atoms with Gasteiger partial charge in [-0.1, -0.05) is 83.9 Å². The molecule has 0 N–H and O–H groups in total. The molecular weight excluding hydrogens is 465 g/mol. The number of halogens is 2. The minimum atomic E-state index is -1.20. The summed E-state index contributed by atoms with van der Waals surface area (Å²) in [6.07, 6.45) is 0. The van der Waals surface area contributed by atoms with Gasteiger partial charge in [-0.2, -0.15) is 0 Å². The molecule has 0 aliphatic heterocycles. The summed E-state index contributed by atoms with van der Waals surface area (Å²) >= 11 is 11.8. The average Bonchev–Trinajstić information content (AvgIpc) is 2.68. The summed E-state index contributed by atoms with van der Waals surface area (Å²) in [5, 5.41) is 25.1. The molecule has 29 heavy (non-hydrogen) atoms. The second kappa shape index (κ2) is 9.84. The Bertz CT molecular complexity index is 1100. The molecule has 0 saturated carbocycles. The van der Waals surface area contributed by atoms with E-state index in [4.69, 9.17) is 23.2 Å². The predicted molar refractivity (Wildman–Crippen MR) is 107 cm³/mol. The number of carboxylic acids is 2. The fourth-order valence-corrected chi connectivity index (χ4v) is 3.50. The van der Waals surface area contributed by atoms with E-state index < -0.39 is 11.9 Å². The second-order valence-electron chi connectivity index (χ2n) is 5.86. The van der Waals surface area contributed by atoms with Gasteiger partial charge in [0, 0.05) is 31.9 Å². The average molecular weight is 477 g/mol. The summed E-state index contributed by atoms with van der Waals surface area (Å²) in [5.41, 5.74) is 0.265. The molecule has 4 aromatic rings. The zero-order valence-corrected chi connectivity index (χ0v) is 19.5. The van der Waals surface area contributed by atoms with E-state index >= 15 is 0 Å². The minimum Gasteiger partial charge on any atom is -0.545 e. The Morgan fingerprint density at radius 2 is 0.897 bits per heavy atom. The third-order valence-electron chi connectivity index (χ3n) is 4.15. The number of carboxylic acid groups (broad SMARTS) is 2. The minimum absolute atomic E-state index is 0. The van der Waals surface area contributed by atoms with Crippen molar-refractivity contribution < 1.29 is 39.3 Å². The summed E-state index contributed by atoms with van der Waals surface area (Å²) in [7, 11) is 0. The molecule has 0 aliphatic rings. The Morgan fingerprint density at radius 1 is 0.586 bits per heavy atom. The topological polar surface area (TPSA) is 80.3 Å². The molecule has 0 spiro atoms. The van der Waals surface area contributed by atoms with Gasteiger partial charge in [0.05, 0.1) is 11.9 Å². The number of benzene rings is 4. The standard InChI is InChI=1S/2C11H7ClO2.Zn/c2*12-9-6-2-4-7-3-1-5-8(10(7)9)11(13)14;/h2*1-6H,(H,13,14);/q;;+2/p-2. The molecule has 0 aromatic heterocycles. The van der Waals surface area contributed by atoms with Crippen LogP contribution < -0.4 is 10.2 Å². The molecule has 4 aromatic carbocycles. The molecule has 0 heterocycles. The van der Waals surface area contributed by atoms with Crippen LogP contribution in [0.1, 0.15) is 20.7 Å². The first kappa shape index (κ1) is 22.8. The van der Waals surface area contributed by atoms with Gasteiger partial charge in [0.1, 0.15) is 0 Å². The van der Waals surface area contributed by atoms with Gasteiger partial charge < -0.3 is 19.8 Å². The van der Waals surface area contributed by atoms with Crippen LogP contribution in [0.25, 0.3) is 21.5 Å². The summed E-state index contributed by atoms with van der Waals surface area (Å²) in [5.74, 6) is -2.41. The van der Waals surface area contributed by atoms with Crippen LogP contribution in [-0.4, -0.2) is 11.9 Å². The monoisotopic (exact) mass is 474 g/mol. The van der Waals surface area contributed by atoms with E-state index in [9.17, 15) is 19.8 Å². The van der Waals surface area contributed by atoms with E-state index in [0.717, 1.165) is 10.8 Å². The number of carbonyl (C=O) groups is 2. The SMILES string of the molecule is O=C([O-])c1cccc2cccc(Cl)c12.O=C([O-])c1cccc2cccc(Cl)c12.[Zn+2]. The Kier molecular flexibility index (Phi) is 7.75. The summed E-state index contributed by atoms with van der Waals surface area (Å²) < 4.78 is 0. The van der Waals surface area contributed by atoms with Crippen LogP contribution in [0.15, 0.2) is 72.8 Å². The van der Waals surface area contributed by atoms with E-state index in [-0.39, 0.29) is 30.6 Å². The smallest absolute Gasteiger partial charge is 0.545 e. The van der Waals surface area contributed by atoms with E-state index in [2.05, 4.69) is 0 Å². The number of hydrogen-bond acceptors (Lipinski definition) is 4. The maximum Gasteiger partial charge on any atom is 2.00 e. The van der Waals surface area contributed by atoms with Gasteiger partial charge in [-0.3, -0.25) is 0 Å². The van der Waals surface area contributed by atoms with Gasteiger partial charge in [-0.15, -0.1) is 0 Å². The van der Waals surface area contributed by atoms with Crippen LogP contribution in [0.3, 0.4) is 0 Å². The molecular formula is C22H12Cl2O4Zn. The van der Waals surface area contributed by atoms with Gasteiger partial charge >= 0.3 is 19.5 Å². The van der Waals surface area contributed by atoms with Crippen molar-refractivity contribution in [3.63, 3.8) is 0 Å². The maximum atomic E-state index is 10.8. The molecule has 7 heteroatoms. The van der Waals surface area contributed by atoms with Crippen LogP contribution >= 0.6 is 23.2 Å². The Hall–Kier alpha value is -2.46. The van der Waals surface area contributed by atoms with Crippen molar-refractivity contribution in [1.82, 2.24) is 0 Å². The van der Waals surface area contributed by atoms with Crippen molar-refractivity contribution >= 4 is 56.7 Å². The fourth-order valence-electron chi connectivity index (χ4n) is 2.93. The third-order valence-corrected chi connectivity index (χ3v) is 4.78. The zero-order valence-electron chi connectivity index (χ0n) is 15.0. The van der Waals surface area contributed by atoms with E-state index in [1.54, 1.807) is 36.4 Å². The van der Waals surface area contributed by atoms with Crippen LogP contribution in [0, 0.1) is 0 Å². The van der Waals surface area contributed by atoms with Crippen molar-refractivity contribution in [2.24, 2.45) is 0 Å². The number of hydrogen-bond donors (Lipinski definition) is 0. The van der Waals surface area contributed by atoms with Crippen molar-refractivity contribution in [3.8, 4) is 0 Å². The van der Waals surface area contributed by atoms with Gasteiger partial charge in [0.15, 0.2) is 0 Å². The van der Waals surface area contributed by atoms with Crippen LogP contribution in [0.2, 0.25) is 10.0 Å². The molecule has 0 bridgehead atoms. The van der Waals surface area contributed by atoms with Crippen LogP contribution in [0.4, 0.5) is 0 Å². The molecule has 0 unspecified atom stereocenters. The van der Waals surface area contributed by atoms with Crippen molar-refractivity contribution in [2.75, 3.05) is 0 Å². The largest absolute Gasteiger partial charge is 2.00 e. The normalized spacial score (nSPS) is 10.0. The Balaban J connectivity index is 0.000000200. The quantitative estimate of drug-likeness (QED) is 0.413. The fraction of sp³-hybridized carbons (Fsp3) is 0. The number of rotatable bonds is 2. The first-order valence-electron chi connectivity index (χ1n) is 8.17. The summed E-state index contributed by atoms with van der Waals surface area (Å²) in [4.78, 5) is 21.6. The summed E-state index contributed by atoms with van der Waals surface area (Å²) in [6.45, 7) is 0. The molecule has 140 valence electrons. The Labute approximate surface area is 189 Å². The van der Waals surface area contributed by atoms with Crippen molar-refractivity contribution in [2.45, 2.75) is 0 Å². The Morgan fingerprint density at radius 3 is 1.21 bits per heavy atom. The first-order valence-corrected chi connectivity index (χ1v) is 8.93. The number of carbonyl (C=O) groups excluding carboxylic acids is 2. The van der Waals surface area contributed by atoms with E-state index in [1.165, 1.54) is 12.1 Å². The third kappa shape index (κ3) is 4.94. The van der Waals surface area contributed by atoms with Gasteiger partial charge in [-0.05, 0) is 22.9 Å². The molecule has 4 rings (SSSR count). The van der Waals surface area contributed by atoms with E-state index in [1.807, 2.05) is 24.3 Å². The van der Waals surface area contributed by atoms with Crippen LogP contribution in [-0.2, 0) is 19.5 Å². The second-order valence-corrected chi connectivity index (χ2v) is 6.68. The molecule has 4 nitrogen and oxygen atoms in total. The molecule has 0 fully saturated rings. The van der Waals surface area contributed by atoms with Crippen molar-refractivity contribution in [3.05, 3.63) is 94.0 Å². The predicted octanol–water partition coefficient (Wildman–Crippen LogP) is 3.71. The van der Waals surface area contributed by atoms with E-state index in [0.29, 0.717) is 20.8 Å². The van der Waals surface area contributed by atoms with Crippen LogP contribution in [0.5, 0.6) is 0 Å². The molecule has 0 atom stereocenters. The zero-order chi connectivity index (χ0) is 20.3. The maximum absolute atomic E-state index is 10.8. The molecule has 0 amide bonds. The number of fused-ring (bicyclic) bond motifs is 2.